The van der Waals surface area contributed by atoms with Gasteiger partial charge in [0, 0.05) is 0 Å². The van der Waals surface area contributed by atoms with Crippen molar-refractivity contribution in [1.29, 1.82) is 5.26 Å². The molecule has 0 saturated carbocycles. The third kappa shape index (κ3) is 3.45. The molecule has 1 unspecified atom stereocenters. The van der Waals surface area contributed by atoms with Crippen LogP contribution in [0.1, 0.15) is 12.5 Å². The molecule has 0 aliphatic rings. The van der Waals surface area contributed by atoms with Crippen LogP contribution in [0, 0.1) is 11.3 Å². The molecule has 18 heavy (non-hydrogen) atoms. The summed E-state index contributed by atoms with van der Waals surface area (Å²) >= 11 is 0. The molecule has 0 saturated heterocycles. The lowest BCUT2D eigenvalue weighted by molar-refractivity contribution is -0.137. The summed E-state index contributed by atoms with van der Waals surface area (Å²) in [6, 6.07) is 3.72. The average Bonchev–Trinajstić information content (AvgIpc) is 2.27. The lowest BCUT2D eigenvalue weighted by atomic mass is 10.2. The van der Waals surface area contributed by atoms with Gasteiger partial charge in [-0.3, -0.25) is 0 Å². The zero-order valence-electron chi connectivity index (χ0n) is 9.19. The first-order chi connectivity index (χ1) is 8.16. The summed E-state index contributed by atoms with van der Waals surface area (Å²) in [7, 11) is -3.97. The smallest absolute Gasteiger partial charge is 0.207 e. The van der Waals surface area contributed by atoms with Crippen LogP contribution in [-0.4, -0.2) is 14.5 Å². The molecule has 0 aromatic heterocycles. The van der Waals surface area contributed by atoms with Crippen molar-refractivity contribution in [1.82, 2.24) is 4.72 Å². The Morgan fingerprint density at radius 1 is 1.28 bits per heavy atom. The number of hydrogen-bond acceptors (Lipinski definition) is 3. The summed E-state index contributed by atoms with van der Waals surface area (Å²) in [5, 5.41) is 8.47. The topological polar surface area (TPSA) is 70.0 Å². The molecule has 0 aliphatic carbocycles. The minimum atomic E-state index is -4.52. The van der Waals surface area contributed by atoms with E-state index in [2.05, 4.69) is 0 Å². The number of rotatable bonds is 3. The quantitative estimate of drug-likeness (QED) is 0.918. The highest BCUT2D eigenvalue weighted by molar-refractivity contribution is 7.89. The molecule has 1 aromatic carbocycles. The van der Waals surface area contributed by atoms with Gasteiger partial charge in [0.1, 0.15) is 6.04 Å². The van der Waals surface area contributed by atoms with Gasteiger partial charge in [-0.15, -0.1) is 0 Å². The first kappa shape index (κ1) is 14.5. The van der Waals surface area contributed by atoms with Gasteiger partial charge >= 0.3 is 6.18 Å². The summed E-state index contributed by atoms with van der Waals surface area (Å²) in [5.41, 5.74) is -0.935. The monoisotopic (exact) mass is 278 g/mol. The zero-order chi connectivity index (χ0) is 14.0. The maximum Gasteiger partial charge on any atom is 0.416 e. The second-order valence-corrected chi connectivity index (χ2v) is 5.21. The molecule has 1 N–H and O–H groups in total. The Morgan fingerprint density at radius 3 is 2.17 bits per heavy atom. The van der Waals surface area contributed by atoms with Crippen molar-refractivity contribution in [3.05, 3.63) is 29.8 Å². The predicted octanol–water partition coefficient (Wildman–Crippen LogP) is 1.90. The Kier molecular flexibility index (Phi) is 3.98. The van der Waals surface area contributed by atoms with Crippen LogP contribution < -0.4 is 4.72 Å². The third-order valence-electron chi connectivity index (χ3n) is 2.02. The minimum absolute atomic E-state index is 0.322. The summed E-state index contributed by atoms with van der Waals surface area (Å²) in [5.74, 6) is 0. The standard InChI is InChI=1S/C10H9F3N2O2S/c1-7(6-14)15-18(16,17)9-4-2-8(3-5-9)10(11,12)13/h2-5,7,15H,1H3. The van der Waals surface area contributed by atoms with Crippen molar-refractivity contribution >= 4 is 10.0 Å². The third-order valence-corrected chi connectivity index (χ3v) is 3.57. The number of sulfonamides is 1. The summed E-state index contributed by atoms with van der Waals surface area (Å²) in [4.78, 5) is -0.322. The van der Waals surface area contributed by atoms with Crippen molar-refractivity contribution in [2.75, 3.05) is 0 Å². The SMILES string of the molecule is CC(C#N)NS(=O)(=O)c1ccc(C(F)(F)F)cc1. The van der Waals surface area contributed by atoms with Gasteiger partial charge in [-0.2, -0.15) is 23.2 Å². The maximum absolute atomic E-state index is 12.3. The molecular formula is C10H9F3N2O2S. The highest BCUT2D eigenvalue weighted by Gasteiger charge is 2.30. The number of halogens is 3. The highest BCUT2D eigenvalue weighted by atomic mass is 32.2. The molecule has 4 nitrogen and oxygen atoms in total. The van der Waals surface area contributed by atoms with Crippen LogP contribution >= 0.6 is 0 Å². The van der Waals surface area contributed by atoms with E-state index in [4.69, 9.17) is 5.26 Å². The van der Waals surface area contributed by atoms with E-state index in [9.17, 15) is 21.6 Å². The molecule has 98 valence electrons. The van der Waals surface area contributed by atoms with Crippen LogP contribution in [-0.2, 0) is 16.2 Å². The fraction of sp³-hybridized carbons (Fsp3) is 0.300. The molecule has 0 radical (unpaired) electrons. The van der Waals surface area contributed by atoms with Crippen LogP contribution in [0.4, 0.5) is 13.2 Å². The zero-order valence-corrected chi connectivity index (χ0v) is 10.0. The summed E-state index contributed by atoms with van der Waals surface area (Å²) < 4.78 is 62.1. The highest BCUT2D eigenvalue weighted by Crippen LogP contribution is 2.29. The van der Waals surface area contributed by atoms with Crippen LogP contribution in [0.25, 0.3) is 0 Å². The molecule has 8 heteroatoms. The average molecular weight is 278 g/mol. The van der Waals surface area contributed by atoms with Crippen molar-refractivity contribution in [2.24, 2.45) is 0 Å². The molecule has 0 amide bonds. The van der Waals surface area contributed by atoms with E-state index in [-0.39, 0.29) is 4.90 Å². The predicted molar refractivity (Wildman–Crippen MR) is 56.8 cm³/mol. The minimum Gasteiger partial charge on any atom is -0.207 e. The van der Waals surface area contributed by atoms with Crippen molar-refractivity contribution in [2.45, 2.75) is 24.0 Å². The van der Waals surface area contributed by atoms with Gasteiger partial charge in [0.2, 0.25) is 10.0 Å². The second kappa shape index (κ2) is 4.96. The number of hydrogen-bond donors (Lipinski definition) is 1. The van der Waals surface area contributed by atoms with Crippen molar-refractivity contribution in [3.63, 3.8) is 0 Å². The van der Waals surface area contributed by atoms with E-state index >= 15 is 0 Å². The normalized spacial score (nSPS) is 13.9. The van der Waals surface area contributed by atoms with Gasteiger partial charge in [-0.25, -0.2) is 8.42 Å². The molecule has 0 heterocycles. The largest absolute Gasteiger partial charge is 0.416 e. The van der Waals surface area contributed by atoms with Gasteiger partial charge in [0.05, 0.1) is 16.5 Å². The van der Waals surface area contributed by atoms with Crippen LogP contribution in [0.15, 0.2) is 29.2 Å². The van der Waals surface area contributed by atoms with E-state index < -0.39 is 27.8 Å². The summed E-state index contributed by atoms with van der Waals surface area (Å²) in [6.07, 6.45) is -4.52. The maximum atomic E-state index is 12.3. The Balaban J connectivity index is 3.03. The van der Waals surface area contributed by atoms with Crippen LogP contribution in [0.2, 0.25) is 0 Å². The first-order valence-electron chi connectivity index (χ1n) is 4.76. The van der Waals surface area contributed by atoms with Gasteiger partial charge in [-0.1, -0.05) is 0 Å². The number of nitrogens with zero attached hydrogens (tertiary/aromatic N) is 1. The fourth-order valence-electron chi connectivity index (χ4n) is 1.15. The second-order valence-electron chi connectivity index (χ2n) is 3.49. The molecule has 1 aromatic rings. The molecule has 1 rings (SSSR count). The lowest BCUT2D eigenvalue weighted by Crippen LogP contribution is -2.31. The molecule has 1 atom stereocenters. The Hall–Kier alpha value is -1.59. The molecule has 0 fully saturated rings. The van der Waals surface area contributed by atoms with Gasteiger partial charge in [0.25, 0.3) is 0 Å². The number of nitriles is 1. The van der Waals surface area contributed by atoms with Crippen LogP contribution in [0.5, 0.6) is 0 Å². The number of nitrogens with one attached hydrogen (secondary N) is 1. The van der Waals surface area contributed by atoms with E-state index in [1.54, 1.807) is 6.07 Å². The van der Waals surface area contributed by atoms with E-state index in [0.717, 1.165) is 12.1 Å². The van der Waals surface area contributed by atoms with Crippen molar-refractivity contribution < 1.29 is 21.6 Å². The molecule has 0 spiro atoms. The Labute approximate surface area is 102 Å². The van der Waals surface area contributed by atoms with E-state index in [1.165, 1.54) is 6.92 Å². The Bertz CT molecular complexity index is 558. The molecule has 0 aliphatic heterocycles. The van der Waals surface area contributed by atoms with Gasteiger partial charge < -0.3 is 0 Å². The number of alkyl halides is 3. The van der Waals surface area contributed by atoms with E-state index in [1.807, 2.05) is 4.72 Å². The van der Waals surface area contributed by atoms with Gasteiger partial charge in [-0.05, 0) is 31.2 Å². The van der Waals surface area contributed by atoms with Gasteiger partial charge in [0.15, 0.2) is 0 Å². The Morgan fingerprint density at radius 2 is 1.78 bits per heavy atom. The fourth-order valence-corrected chi connectivity index (χ4v) is 2.30. The van der Waals surface area contributed by atoms with E-state index in [0.29, 0.717) is 12.1 Å². The summed E-state index contributed by atoms with van der Waals surface area (Å²) in [6.45, 7) is 1.32. The first-order valence-corrected chi connectivity index (χ1v) is 6.24. The molecular weight excluding hydrogens is 269 g/mol. The number of benzene rings is 1. The van der Waals surface area contributed by atoms with Crippen molar-refractivity contribution in [3.8, 4) is 6.07 Å². The van der Waals surface area contributed by atoms with Crippen LogP contribution in [0.3, 0.4) is 0 Å². The lowest BCUT2D eigenvalue weighted by Gasteiger charge is -2.10. The molecule has 0 bridgehead atoms.